The van der Waals surface area contributed by atoms with E-state index in [-0.39, 0.29) is 0 Å². The number of rotatable bonds is 2. The molecule has 0 heterocycles. The Labute approximate surface area is 82.6 Å². The highest BCUT2D eigenvalue weighted by Crippen LogP contribution is 2.26. The lowest BCUT2D eigenvalue weighted by Crippen LogP contribution is -1.71. The number of hydrogen-bond donors (Lipinski definition) is 0. The molecule has 2 rings (SSSR count). The first-order valence-electron chi connectivity index (χ1n) is 4.05. The van der Waals surface area contributed by atoms with E-state index in [1.165, 1.54) is 9.79 Å². The quantitative estimate of drug-likeness (QED) is 0.689. The molecule has 0 fully saturated rings. The van der Waals surface area contributed by atoms with Gasteiger partial charge in [0.15, 0.2) is 0 Å². The van der Waals surface area contributed by atoms with Gasteiger partial charge in [0.05, 0.1) is 0 Å². The Kier molecular flexibility index (Phi) is 2.68. The lowest BCUT2D eigenvalue weighted by Gasteiger charge is -1.99. The van der Waals surface area contributed by atoms with Crippen molar-refractivity contribution in [2.24, 2.45) is 0 Å². The molecular formula is C12H8S. The summed E-state index contributed by atoms with van der Waals surface area (Å²) < 4.78 is 0. The zero-order valence-electron chi connectivity index (χ0n) is 7.03. The minimum absolute atomic E-state index is 1.21. The summed E-state index contributed by atoms with van der Waals surface area (Å²) in [5, 5.41) is 0. The van der Waals surface area contributed by atoms with Gasteiger partial charge in [-0.05, 0) is 36.4 Å². The lowest BCUT2D eigenvalue weighted by molar-refractivity contribution is 1.40. The summed E-state index contributed by atoms with van der Waals surface area (Å²) in [6.45, 7) is 0. The first-order chi connectivity index (χ1) is 6.45. The molecule has 0 aliphatic heterocycles. The van der Waals surface area contributed by atoms with Gasteiger partial charge in [-0.15, -0.1) is 0 Å². The highest BCUT2D eigenvalue weighted by Gasteiger charge is 1.93. The van der Waals surface area contributed by atoms with Crippen LogP contribution in [0.5, 0.6) is 0 Å². The summed E-state index contributed by atoms with van der Waals surface area (Å²) in [6, 6.07) is 22.0. The van der Waals surface area contributed by atoms with Gasteiger partial charge in [0.1, 0.15) is 0 Å². The Morgan fingerprint density at radius 2 is 1.38 bits per heavy atom. The fourth-order valence-corrected chi connectivity index (χ4v) is 1.84. The molecule has 2 aromatic rings. The monoisotopic (exact) mass is 184 g/mol. The van der Waals surface area contributed by atoms with Gasteiger partial charge in [-0.3, -0.25) is 0 Å². The van der Waals surface area contributed by atoms with Gasteiger partial charge in [-0.25, -0.2) is 0 Å². The van der Waals surface area contributed by atoms with E-state index >= 15 is 0 Å². The molecule has 0 saturated carbocycles. The summed E-state index contributed by atoms with van der Waals surface area (Å²) in [5.41, 5.74) is 0. The highest BCUT2D eigenvalue weighted by molar-refractivity contribution is 7.99. The Hall–Kier alpha value is -1.21. The van der Waals surface area contributed by atoms with Crippen molar-refractivity contribution in [3.05, 3.63) is 60.7 Å². The predicted molar refractivity (Wildman–Crippen MR) is 54.7 cm³/mol. The summed E-state index contributed by atoms with van der Waals surface area (Å²) in [5.74, 6) is 0. The van der Waals surface area contributed by atoms with E-state index in [0.717, 1.165) is 0 Å². The number of benzene rings is 2. The fourth-order valence-electron chi connectivity index (χ4n) is 1.02. The predicted octanol–water partition coefficient (Wildman–Crippen LogP) is 3.44. The van der Waals surface area contributed by atoms with Crippen LogP contribution >= 0.6 is 11.8 Å². The standard InChI is InChI=1S/C12H8S/c1-3-7-11(8-4-1)13-12-9-5-2-6-10-12/h1-3,5,7-10H. The van der Waals surface area contributed by atoms with E-state index in [1.54, 1.807) is 11.8 Å². The molecular weight excluding hydrogens is 176 g/mol. The Morgan fingerprint density at radius 1 is 0.846 bits per heavy atom. The average Bonchev–Trinajstić information content (AvgIpc) is 2.21. The minimum Gasteiger partial charge on any atom is -0.0901 e. The van der Waals surface area contributed by atoms with Crippen molar-refractivity contribution >= 4 is 11.8 Å². The highest BCUT2D eigenvalue weighted by atomic mass is 32.2. The molecule has 0 aromatic heterocycles. The zero-order valence-corrected chi connectivity index (χ0v) is 7.84. The van der Waals surface area contributed by atoms with E-state index in [2.05, 4.69) is 24.3 Å². The maximum Gasteiger partial charge on any atom is 0.0128 e. The molecule has 0 aliphatic rings. The van der Waals surface area contributed by atoms with Gasteiger partial charge >= 0.3 is 0 Å². The first-order valence-corrected chi connectivity index (χ1v) is 4.87. The first kappa shape index (κ1) is 8.39. The van der Waals surface area contributed by atoms with Crippen LogP contribution in [-0.2, 0) is 0 Å². The van der Waals surface area contributed by atoms with Crippen molar-refractivity contribution in [2.75, 3.05) is 0 Å². The summed E-state index contributed by atoms with van der Waals surface area (Å²) >= 11 is 1.73. The van der Waals surface area contributed by atoms with Gasteiger partial charge in [-0.2, -0.15) is 0 Å². The molecule has 62 valence electrons. The van der Waals surface area contributed by atoms with E-state index in [1.807, 2.05) is 36.4 Å². The van der Waals surface area contributed by atoms with Gasteiger partial charge in [0.25, 0.3) is 0 Å². The molecule has 0 saturated heterocycles. The number of hydrogen-bond acceptors (Lipinski definition) is 1. The van der Waals surface area contributed by atoms with Crippen molar-refractivity contribution < 1.29 is 0 Å². The van der Waals surface area contributed by atoms with Crippen LogP contribution in [0.4, 0.5) is 0 Å². The molecule has 13 heavy (non-hydrogen) atoms. The van der Waals surface area contributed by atoms with E-state index in [9.17, 15) is 0 Å². The normalized spacial score (nSPS) is 9.85. The smallest absolute Gasteiger partial charge is 0.0128 e. The minimum atomic E-state index is 1.21. The van der Waals surface area contributed by atoms with Crippen LogP contribution in [0.15, 0.2) is 58.3 Å². The molecule has 0 amide bonds. The molecule has 0 bridgehead atoms. The van der Waals surface area contributed by atoms with Crippen LogP contribution < -0.4 is 0 Å². The molecule has 0 spiro atoms. The summed E-state index contributed by atoms with van der Waals surface area (Å²) in [6.07, 6.45) is 0. The fraction of sp³-hybridized carbons (Fsp3) is 0. The molecule has 2 aromatic carbocycles. The van der Waals surface area contributed by atoms with Gasteiger partial charge in [0, 0.05) is 9.79 Å². The third-order valence-corrected chi connectivity index (χ3v) is 2.57. The maximum atomic E-state index is 3.05. The Morgan fingerprint density at radius 3 is 1.77 bits per heavy atom. The summed E-state index contributed by atoms with van der Waals surface area (Å²) in [7, 11) is 0. The third kappa shape index (κ3) is 2.36. The lowest BCUT2D eigenvalue weighted by atomic mass is 10.4. The third-order valence-electron chi connectivity index (χ3n) is 1.59. The van der Waals surface area contributed by atoms with Crippen LogP contribution in [0.2, 0.25) is 0 Å². The van der Waals surface area contributed by atoms with Gasteiger partial charge < -0.3 is 0 Å². The van der Waals surface area contributed by atoms with Crippen LogP contribution in [0.25, 0.3) is 0 Å². The zero-order chi connectivity index (χ0) is 8.93. The van der Waals surface area contributed by atoms with Crippen molar-refractivity contribution in [1.82, 2.24) is 0 Å². The summed E-state index contributed by atoms with van der Waals surface area (Å²) in [4.78, 5) is 2.42. The van der Waals surface area contributed by atoms with E-state index < -0.39 is 0 Å². The van der Waals surface area contributed by atoms with Crippen molar-refractivity contribution in [1.29, 1.82) is 0 Å². The second-order valence-electron chi connectivity index (χ2n) is 2.58. The van der Waals surface area contributed by atoms with Crippen LogP contribution in [0.3, 0.4) is 0 Å². The van der Waals surface area contributed by atoms with Crippen molar-refractivity contribution in [2.45, 2.75) is 9.79 Å². The van der Waals surface area contributed by atoms with Crippen molar-refractivity contribution in [3.63, 3.8) is 0 Å². The largest absolute Gasteiger partial charge is 0.0901 e. The van der Waals surface area contributed by atoms with Crippen LogP contribution in [0, 0.1) is 12.1 Å². The second kappa shape index (κ2) is 4.15. The Bertz CT molecular complexity index is 316. The molecule has 0 unspecified atom stereocenters. The van der Waals surface area contributed by atoms with Crippen LogP contribution in [0.1, 0.15) is 0 Å². The Balaban J connectivity index is 2.16. The SMILES string of the molecule is [c]1cccc(Sc2c[c]ccc2)c1. The maximum absolute atomic E-state index is 3.05. The van der Waals surface area contributed by atoms with Crippen LogP contribution in [-0.4, -0.2) is 0 Å². The molecule has 0 nitrogen and oxygen atoms in total. The van der Waals surface area contributed by atoms with Gasteiger partial charge in [-0.1, -0.05) is 36.0 Å². The second-order valence-corrected chi connectivity index (χ2v) is 3.73. The van der Waals surface area contributed by atoms with Gasteiger partial charge in [0.2, 0.25) is 0 Å². The molecule has 0 atom stereocenters. The molecule has 2 radical (unpaired) electrons. The molecule has 0 aliphatic carbocycles. The van der Waals surface area contributed by atoms with E-state index in [0.29, 0.717) is 0 Å². The average molecular weight is 184 g/mol. The molecule has 0 N–H and O–H groups in total. The van der Waals surface area contributed by atoms with E-state index in [4.69, 9.17) is 0 Å². The van der Waals surface area contributed by atoms with Crippen molar-refractivity contribution in [3.8, 4) is 0 Å². The molecule has 1 heteroatoms. The topological polar surface area (TPSA) is 0 Å².